The van der Waals surface area contributed by atoms with Crippen LogP contribution in [0.25, 0.3) is 0 Å². The number of para-hydroxylation sites is 1. The molecule has 254 valence electrons. The fraction of sp³-hybridized carbons (Fsp3) is 0.192. The van der Waals surface area contributed by atoms with E-state index in [2.05, 4.69) is 25.0 Å². The van der Waals surface area contributed by atoms with Gasteiger partial charge in [0, 0.05) is 43.6 Å². The maximum absolute atomic E-state index is 13.2. The second-order valence-electron chi connectivity index (χ2n) is 8.77. The largest absolute Gasteiger partial charge is 0.545 e. The minimum atomic E-state index is -4.14. The van der Waals surface area contributed by atoms with E-state index in [0.717, 1.165) is 16.1 Å². The first kappa shape index (κ1) is 38.8. The molecule has 0 saturated carbocycles. The Morgan fingerprint density at radius 2 is 1.83 bits per heavy atom. The zero-order valence-electron chi connectivity index (χ0n) is 24.8. The highest BCUT2D eigenvalue weighted by Gasteiger charge is 2.25. The van der Waals surface area contributed by atoms with Crippen LogP contribution in [0, 0.1) is 0 Å². The maximum Gasteiger partial charge on any atom is 0.328 e. The van der Waals surface area contributed by atoms with Gasteiger partial charge in [-0.05, 0) is 36.4 Å². The molecule has 0 amide bonds. The number of aliphatic carboxylic acids is 2. The number of carbonyl (C=O) groups excluding carboxylic acids is 1. The number of carboxylic acids is 2. The third-order valence-corrected chi connectivity index (χ3v) is 10.6. The van der Waals surface area contributed by atoms with Gasteiger partial charge >= 0.3 is 11.9 Å². The minimum absolute atomic E-state index is 0.0196. The predicted molar refractivity (Wildman–Crippen MR) is 179 cm³/mol. The van der Waals surface area contributed by atoms with Gasteiger partial charge < -0.3 is 31.8 Å². The summed E-state index contributed by atoms with van der Waals surface area (Å²) in [5.74, 6) is -1.44. The molecule has 1 heterocycles. The number of nitrogens with two attached hydrogens (primary N) is 2. The summed E-state index contributed by atoms with van der Waals surface area (Å²) in [6, 6.07) is 11.5. The fourth-order valence-corrected chi connectivity index (χ4v) is 7.56. The number of carboxylic acid groups (broad SMARTS) is 2. The van der Waals surface area contributed by atoms with Crippen LogP contribution < -0.4 is 35.9 Å². The third kappa shape index (κ3) is 12.7. The van der Waals surface area contributed by atoms with Gasteiger partial charge in [-0.2, -0.15) is 11.8 Å². The molecule has 0 bridgehead atoms. The lowest BCUT2D eigenvalue weighted by molar-refractivity contribution is -0.355. The van der Waals surface area contributed by atoms with Gasteiger partial charge in [-0.25, -0.2) is 31.3 Å². The summed E-state index contributed by atoms with van der Waals surface area (Å²) < 4.78 is 55.8. The molecule has 47 heavy (non-hydrogen) atoms. The molecule has 8 N–H and O–H groups in total. The van der Waals surface area contributed by atoms with E-state index in [0.29, 0.717) is 35.3 Å². The number of aromatic nitrogens is 1. The number of anilines is 1. The van der Waals surface area contributed by atoms with E-state index in [1.54, 1.807) is 36.0 Å². The van der Waals surface area contributed by atoms with Crippen molar-refractivity contribution in [3.8, 4) is 0 Å². The van der Waals surface area contributed by atoms with Crippen LogP contribution >= 0.6 is 34.7 Å². The average Bonchev–Trinajstić information content (AvgIpc) is 3.45. The molecule has 1 aromatic heterocycles. The number of thioether (sulfide) groups is 1. The number of guanidine groups is 2. The Morgan fingerprint density at radius 3 is 2.43 bits per heavy atom. The molecule has 21 heteroatoms. The summed E-state index contributed by atoms with van der Waals surface area (Å²) in [5, 5.41) is 22.9. The van der Waals surface area contributed by atoms with Crippen LogP contribution in [-0.2, 0) is 35.4 Å². The zero-order valence-corrected chi connectivity index (χ0v) is 28.8. The molecule has 16 nitrogen and oxygen atoms in total. The molecule has 0 aliphatic rings. The number of rotatable bonds is 13. The minimum Gasteiger partial charge on any atom is -0.545 e. The number of aliphatic imine (C=N–C) groups is 1. The number of hydrogen-bond donors (Lipinski definition) is 6. The number of carbonyl (C=O) groups is 2. The van der Waals surface area contributed by atoms with Crippen LogP contribution in [0.1, 0.15) is 5.69 Å². The topological polar surface area (TPSA) is 264 Å². The summed E-state index contributed by atoms with van der Waals surface area (Å²) in [5.41, 5.74) is 11.9. The van der Waals surface area contributed by atoms with Gasteiger partial charge in [-0.3, -0.25) is 9.30 Å². The van der Waals surface area contributed by atoms with Crippen molar-refractivity contribution in [1.82, 2.24) is 15.0 Å². The molecule has 2 aromatic carbocycles. The summed E-state index contributed by atoms with van der Waals surface area (Å²) >= 11 is 9.12. The lowest BCUT2D eigenvalue weighted by Crippen LogP contribution is -2.72. The zero-order chi connectivity index (χ0) is 35.2. The summed E-state index contributed by atoms with van der Waals surface area (Å²) in [6.07, 6.45) is 0.942. The van der Waals surface area contributed by atoms with Crippen molar-refractivity contribution in [2.75, 3.05) is 30.7 Å². The standard InChI is InChI=1S/C22H27ClN8O4S4.C4H4O4/c1-26-21(27-10-11-36-13-15-14-37-22(28-15)29-20(24)25)30-38(32,33)16-6-5-7-17(12-16)39(34,35)31(2)19-9-4-3-8-18(19)23;5-3(6)1-2-4(7)8/h3-9,12,14H,10-11,13H2,1-2H3,(H2,26,27,30)(H4,24,25,28,29);1-2H,(H,5,6)(H,7,8)/b;2-1+. The van der Waals surface area contributed by atoms with Crippen molar-refractivity contribution in [3.63, 3.8) is 0 Å². The van der Waals surface area contributed by atoms with Crippen molar-refractivity contribution in [2.24, 2.45) is 16.5 Å². The van der Waals surface area contributed by atoms with E-state index in [9.17, 15) is 31.5 Å². The van der Waals surface area contributed by atoms with Crippen molar-refractivity contribution < 1.29 is 41.6 Å². The molecule has 0 radical (unpaired) electrons. The van der Waals surface area contributed by atoms with E-state index >= 15 is 0 Å². The van der Waals surface area contributed by atoms with Gasteiger partial charge in [0.25, 0.3) is 25.2 Å². The van der Waals surface area contributed by atoms with Crippen molar-refractivity contribution in [1.29, 1.82) is 0 Å². The lowest BCUT2D eigenvalue weighted by Gasteiger charge is -2.21. The van der Waals surface area contributed by atoms with E-state index in [1.165, 1.54) is 43.6 Å². The van der Waals surface area contributed by atoms with Crippen LogP contribution in [0.2, 0.25) is 5.02 Å². The SMILES string of the molecule is CN=C(NCCSCc1csc([NH+]=C(N)N)n1)NS(=O)(=O)c1cccc(S(=O)(=O)N(C)c2ccccc2Cl)c1.O=C([O-])/C=C/C(=O)O. The summed E-state index contributed by atoms with van der Waals surface area (Å²) in [4.78, 5) is 29.6. The molecule has 3 aromatic rings. The van der Waals surface area contributed by atoms with E-state index < -0.39 is 32.0 Å². The van der Waals surface area contributed by atoms with Crippen molar-refractivity contribution >= 4 is 89.4 Å². The number of nitrogens with zero attached hydrogens (tertiary/aromatic N) is 3. The molecule has 0 aliphatic carbocycles. The number of hydrogen-bond acceptors (Lipinski definition) is 11. The molecule has 0 aliphatic heterocycles. The quantitative estimate of drug-likeness (QED) is 0.0519. The fourth-order valence-electron chi connectivity index (χ4n) is 3.26. The first-order chi connectivity index (χ1) is 22.1. The number of halogens is 1. The third-order valence-electron chi connectivity index (χ3n) is 5.37. The Bertz CT molecular complexity index is 1840. The Hall–Kier alpha value is -4.37. The number of benzene rings is 2. The molecule has 0 atom stereocenters. The normalized spacial score (nSPS) is 11.7. The monoisotopic (exact) mass is 746 g/mol. The van der Waals surface area contributed by atoms with Crippen LogP contribution in [0.4, 0.5) is 10.8 Å². The highest BCUT2D eigenvalue weighted by molar-refractivity contribution is 7.98. The first-order valence-corrected chi connectivity index (χ1v) is 18.3. The highest BCUT2D eigenvalue weighted by atomic mass is 35.5. The molecule has 0 fully saturated rings. The van der Waals surface area contributed by atoms with Crippen LogP contribution in [-0.4, -0.2) is 77.2 Å². The predicted octanol–water partition coefficient (Wildman–Crippen LogP) is -1.23. The van der Waals surface area contributed by atoms with Crippen LogP contribution in [0.5, 0.6) is 0 Å². The molecule has 3 rings (SSSR count). The van der Waals surface area contributed by atoms with E-state index in [4.69, 9.17) is 28.2 Å². The highest BCUT2D eigenvalue weighted by Crippen LogP contribution is 2.29. The van der Waals surface area contributed by atoms with Crippen LogP contribution in [0.15, 0.2) is 80.8 Å². The van der Waals surface area contributed by atoms with Gasteiger partial charge in [0.1, 0.15) is 5.69 Å². The number of thiazole rings is 1. The van der Waals surface area contributed by atoms with Gasteiger partial charge in [0.2, 0.25) is 5.96 Å². The van der Waals surface area contributed by atoms with Gasteiger partial charge in [-0.15, -0.1) is 4.98 Å². The smallest absolute Gasteiger partial charge is 0.328 e. The van der Waals surface area contributed by atoms with Gasteiger partial charge in [0.05, 0.1) is 26.5 Å². The Balaban J connectivity index is 0.000000849. The van der Waals surface area contributed by atoms with Gasteiger partial charge in [-0.1, -0.05) is 41.1 Å². The van der Waals surface area contributed by atoms with Crippen molar-refractivity contribution in [2.45, 2.75) is 15.5 Å². The molecule has 0 saturated heterocycles. The average molecular weight is 747 g/mol. The van der Waals surface area contributed by atoms with Crippen LogP contribution in [0.3, 0.4) is 0 Å². The summed E-state index contributed by atoms with van der Waals surface area (Å²) in [6.45, 7) is 0.412. The number of nitrogens with one attached hydrogen (secondary N) is 3. The van der Waals surface area contributed by atoms with Gasteiger partial charge in [0.15, 0.2) is 0 Å². The molecular weight excluding hydrogens is 716 g/mol. The van der Waals surface area contributed by atoms with E-state index in [1.807, 2.05) is 5.38 Å². The van der Waals surface area contributed by atoms with Crippen molar-refractivity contribution in [3.05, 3.63) is 76.8 Å². The molecular formula is C26H31ClN8O8S4. The molecule has 0 unspecified atom stereocenters. The Kier molecular flexibility index (Phi) is 14.9. The maximum atomic E-state index is 13.2. The number of sulfonamides is 2. The van der Waals surface area contributed by atoms with E-state index in [-0.39, 0.29) is 32.4 Å². The second kappa shape index (κ2) is 18.1. The molecule has 0 spiro atoms. The Morgan fingerprint density at radius 1 is 1.15 bits per heavy atom. The summed E-state index contributed by atoms with van der Waals surface area (Å²) in [7, 11) is -5.46. The second-order valence-corrected chi connectivity index (χ2v) is 14.8. The lowest BCUT2D eigenvalue weighted by atomic mass is 10.3. The first-order valence-electron chi connectivity index (χ1n) is 12.9. The Labute approximate surface area is 284 Å².